The van der Waals surface area contributed by atoms with E-state index in [1.807, 2.05) is 30.1 Å². The minimum atomic E-state index is 0.205. The number of anilines is 1. The predicted octanol–water partition coefficient (Wildman–Crippen LogP) is 2.45. The highest BCUT2D eigenvalue weighted by molar-refractivity contribution is 5.82. The van der Waals surface area contributed by atoms with Gasteiger partial charge < -0.3 is 14.8 Å². The third kappa shape index (κ3) is 4.70. The topological polar surface area (TPSA) is 90.9 Å². The van der Waals surface area contributed by atoms with Crippen LogP contribution < -0.4 is 4.90 Å². The maximum absolute atomic E-state index is 12.6. The zero-order chi connectivity index (χ0) is 20.1. The van der Waals surface area contributed by atoms with Crippen LogP contribution in [0.25, 0.3) is 11.2 Å². The summed E-state index contributed by atoms with van der Waals surface area (Å²) in [4.78, 5) is 37.1. The quantitative estimate of drug-likeness (QED) is 0.663. The Bertz CT molecular complexity index is 942. The van der Waals surface area contributed by atoms with Gasteiger partial charge in [-0.25, -0.2) is 15.0 Å². The van der Waals surface area contributed by atoms with E-state index in [1.165, 1.54) is 0 Å². The van der Waals surface area contributed by atoms with Crippen molar-refractivity contribution in [2.24, 2.45) is 5.92 Å². The van der Waals surface area contributed by atoms with Crippen molar-refractivity contribution in [1.82, 2.24) is 29.8 Å². The van der Waals surface area contributed by atoms with Crippen molar-refractivity contribution in [2.75, 3.05) is 31.6 Å². The summed E-state index contributed by atoms with van der Waals surface area (Å²) in [6.45, 7) is 2.58. The van der Waals surface area contributed by atoms with E-state index in [0.717, 1.165) is 55.8 Å². The van der Waals surface area contributed by atoms with E-state index >= 15 is 0 Å². The first-order valence-corrected chi connectivity index (χ1v) is 10.2. The number of fused-ring (bicyclic) bond motifs is 1. The third-order valence-corrected chi connectivity index (χ3v) is 5.64. The normalized spacial score (nSPS) is 16.9. The molecule has 4 rings (SSSR count). The Morgan fingerprint density at radius 1 is 1.28 bits per heavy atom. The number of rotatable bonds is 7. The molecule has 1 amide bonds. The molecule has 8 nitrogen and oxygen atoms in total. The fourth-order valence-electron chi connectivity index (χ4n) is 3.96. The molecule has 0 unspecified atom stereocenters. The van der Waals surface area contributed by atoms with Gasteiger partial charge in [0.15, 0.2) is 11.5 Å². The molecule has 3 aromatic heterocycles. The fourth-order valence-corrected chi connectivity index (χ4v) is 3.96. The molecule has 0 aromatic carbocycles. The largest absolute Gasteiger partial charge is 0.354 e. The fraction of sp³-hybridized carbons (Fsp3) is 0.476. The Hall–Kier alpha value is -3.03. The maximum atomic E-state index is 12.6. The molecule has 0 spiro atoms. The van der Waals surface area contributed by atoms with Crippen molar-refractivity contribution in [3.05, 3.63) is 42.7 Å². The molecule has 152 valence electrons. The van der Waals surface area contributed by atoms with Gasteiger partial charge in [0.05, 0.1) is 6.33 Å². The zero-order valence-corrected chi connectivity index (χ0v) is 16.8. The highest BCUT2D eigenvalue weighted by atomic mass is 16.2. The molecule has 1 aliphatic rings. The van der Waals surface area contributed by atoms with Crippen LogP contribution in [0.5, 0.6) is 0 Å². The summed E-state index contributed by atoms with van der Waals surface area (Å²) in [5.41, 5.74) is 2.60. The number of carbonyl (C=O) groups excluding carboxylic acids is 1. The van der Waals surface area contributed by atoms with Crippen LogP contribution >= 0.6 is 0 Å². The summed E-state index contributed by atoms with van der Waals surface area (Å²) in [6.07, 6.45) is 9.55. The lowest BCUT2D eigenvalue weighted by atomic mass is 9.93. The van der Waals surface area contributed by atoms with Crippen LogP contribution in [0.1, 0.15) is 31.4 Å². The van der Waals surface area contributed by atoms with Gasteiger partial charge in [0.25, 0.3) is 0 Å². The van der Waals surface area contributed by atoms with Crippen LogP contribution in [0.3, 0.4) is 0 Å². The van der Waals surface area contributed by atoms with Crippen molar-refractivity contribution in [3.8, 4) is 0 Å². The standard InChI is InChI=1S/C21H27N7O/c1-27(12-9-17-6-2-3-10-22-17)18(29)8-7-16-5-4-11-28(13-16)21-19-20(24-14-23-19)25-15-26-21/h2-3,6,10,14-16H,4-5,7-9,11-13H2,1H3,(H,23,24,25,26)/t16-/m0/s1. The number of hydrogen-bond donors (Lipinski definition) is 1. The molecule has 0 saturated carbocycles. The number of piperidine rings is 1. The second-order valence-corrected chi connectivity index (χ2v) is 7.68. The highest BCUT2D eigenvalue weighted by Gasteiger charge is 2.24. The van der Waals surface area contributed by atoms with Crippen molar-refractivity contribution in [2.45, 2.75) is 32.1 Å². The Kier molecular flexibility index (Phi) is 5.97. The lowest BCUT2D eigenvalue weighted by Gasteiger charge is -2.33. The first-order valence-electron chi connectivity index (χ1n) is 10.2. The van der Waals surface area contributed by atoms with Crippen LogP contribution in [0.4, 0.5) is 5.82 Å². The van der Waals surface area contributed by atoms with Gasteiger partial charge in [-0.05, 0) is 37.3 Å². The molecule has 29 heavy (non-hydrogen) atoms. The van der Waals surface area contributed by atoms with Crippen LogP contribution in [-0.2, 0) is 11.2 Å². The molecule has 1 aliphatic heterocycles. The monoisotopic (exact) mass is 393 g/mol. The number of imidazole rings is 1. The zero-order valence-electron chi connectivity index (χ0n) is 16.8. The summed E-state index contributed by atoms with van der Waals surface area (Å²) in [5, 5.41) is 0. The second kappa shape index (κ2) is 8.98. The Balaban J connectivity index is 1.28. The van der Waals surface area contributed by atoms with E-state index < -0.39 is 0 Å². The van der Waals surface area contributed by atoms with Gasteiger partial charge in [0, 0.05) is 51.4 Å². The number of nitrogens with one attached hydrogen (secondary N) is 1. The van der Waals surface area contributed by atoms with Crippen molar-refractivity contribution in [3.63, 3.8) is 0 Å². The third-order valence-electron chi connectivity index (χ3n) is 5.64. The van der Waals surface area contributed by atoms with Crippen molar-refractivity contribution < 1.29 is 4.79 Å². The van der Waals surface area contributed by atoms with Crippen molar-refractivity contribution in [1.29, 1.82) is 0 Å². The van der Waals surface area contributed by atoms with Gasteiger partial charge in [0.1, 0.15) is 11.8 Å². The average Bonchev–Trinajstić information content (AvgIpc) is 3.25. The van der Waals surface area contributed by atoms with Gasteiger partial charge in [-0.3, -0.25) is 9.78 Å². The average molecular weight is 393 g/mol. The highest BCUT2D eigenvalue weighted by Crippen LogP contribution is 2.27. The lowest BCUT2D eigenvalue weighted by molar-refractivity contribution is -0.130. The molecule has 4 heterocycles. The van der Waals surface area contributed by atoms with E-state index in [1.54, 1.807) is 18.9 Å². The molecular formula is C21H27N7O. The Labute approximate surface area is 170 Å². The maximum Gasteiger partial charge on any atom is 0.222 e. The summed E-state index contributed by atoms with van der Waals surface area (Å²) < 4.78 is 0. The first-order chi connectivity index (χ1) is 14.2. The minimum absolute atomic E-state index is 0.205. The number of H-pyrrole nitrogens is 1. The second-order valence-electron chi connectivity index (χ2n) is 7.68. The van der Waals surface area contributed by atoms with Gasteiger partial charge in [-0.1, -0.05) is 6.07 Å². The Morgan fingerprint density at radius 2 is 2.21 bits per heavy atom. The number of carbonyl (C=O) groups is 1. The molecular weight excluding hydrogens is 366 g/mol. The number of amides is 1. The van der Waals surface area contributed by atoms with E-state index in [4.69, 9.17) is 0 Å². The van der Waals surface area contributed by atoms with E-state index in [2.05, 4.69) is 29.8 Å². The lowest BCUT2D eigenvalue weighted by Crippen LogP contribution is -2.37. The molecule has 0 radical (unpaired) electrons. The molecule has 3 aromatic rings. The van der Waals surface area contributed by atoms with Gasteiger partial charge >= 0.3 is 0 Å². The first kappa shape index (κ1) is 19.3. The van der Waals surface area contributed by atoms with E-state index in [9.17, 15) is 4.79 Å². The number of hydrogen-bond acceptors (Lipinski definition) is 6. The number of aromatic amines is 1. The summed E-state index contributed by atoms with van der Waals surface area (Å²) in [7, 11) is 1.88. The number of likely N-dealkylation sites (N-methyl/N-ethyl adjacent to an activating group) is 1. The predicted molar refractivity (Wildman–Crippen MR) is 111 cm³/mol. The van der Waals surface area contributed by atoms with Gasteiger partial charge in [-0.2, -0.15) is 0 Å². The Morgan fingerprint density at radius 3 is 3.07 bits per heavy atom. The van der Waals surface area contributed by atoms with Crippen LogP contribution in [0, 0.1) is 5.92 Å². The molecule has 1 fully saturated rings. The summed E-state index contributed by atoms with van der Waals surface area (Å²) >= 11 is 0. The molecule has 0 bridgehead atoms. The summed E-state index contributed by atoms with van der Waals surface area (Å²) in [6, 6.07) is 5.89. The molecule has 1 atom stereocenters. The minimum Gasteiger partial charge on any atom is -0.354 e. The summed E-state index contributed by atoms with van der Waals surface area (Å²) in [5.74, 6) is 1.61. The SMILES string of the molecule is CN(CCc1ccccn1)C(=O)CC[C@@H]1CCCN(c2ncnc3nc[nH]c23)C1. The van der Waals surface area contributed by atoms with Crippen LogP contribution in [-0.4, -0.2) is 62.4 Å². The van der Waals surface area contributed by atoms with Gasteiger partial charge in [-0.15, -0.1) is 0 Å². The molecule has 0 aliphatic carbocycles. The van der Waals surface area contributed by atoms with E-state index in [0.29, 0.717) is 24.5 Å². The molecule has 8 heteroatoms. The van der Waals surface area contributed by atoms with E-state index in [-0.39, 0.29) is 5.91 Å². The van der Waals surface area contributed by atoms with Gasteiger partial charge in [0.2, 0.25) is 5.91 Å². The van der Waals surface area contributed by atoms with Crippen LogP contribution in [0.15, 0.2) is 37.1 Å². The molecule has 1 saturated heterocycles. The van der Waals surface area contributed by atoms with Crippen molar-refractivity contribution >= 4 is 22.9 Å². The van der Waals surface area contributed by atoms with Crippen LogP contribution in [0.2, 0.25) is 0 Å². The number of aromatic nitrogens is 5. The number of nitrogens with zero attached hydrogens (tertiary/aromatic N) is 6. The molecule has 1 N–H and O–H groups in total. The number of pyridine rings is 1. The smallest absolute Gasteiger partial charge is 0.222 e.